The van der Waals surface area contributed by atoms with Crippen LogP contribution >= 0.6 is 0 Å². The summed E-state index contributed by atoms with van der Waals surface area (Å²) in [5, 5.41) is 5.23. The summed E-state index contributed by atoms with van der Waals surface area (Å²) in [6.45, 7) is 5.74. The molecule has 0 bridgehead atoms. The van der Waals surface area contributed by atoms with Gasteiger partial charge in [-0.3, -0.25) is 9.59 Å². The summed E-state index contributed by atoms with van der Waals surface area (Å²) >= 11 is 0. The average molecular weight is 445 g/mol. The van der Waals surface area contributed by atoms with Crippen molar-refractivity contribution in [3.8, 4) is 0 Å². The number of piperazine rings is 1. The highest BCUT2D eigenvalue weighted by Gasteiger charge is 2.29. The maximum atomic E-state index is 13.1. The molecular weight excluding hydrogens is 416 g/mol. The first kappa shape index (κ1) is 22.8. The standard InChI is InChI=1S/C22H28N4O4S/c1-3-23-21(27)17(2)24-22(28)18-8-7-11-20(16-18)31(29,30)26-14-12-25(13-15-26)19-9-5-4-6-10-19/h4-11,16-17H,3,12-15H2,1-2H3,(H,23,27)(H,24,28). The zero-order valence-corrected chi connectivity index (χ0v) is 18.6. The number of para-hydroxylation sites is 1. The van der Waals surface area contributed by atoms with Crippen LogP contribution in [-0.4, -0.2) is 63.3 Å². The lowest BCUT2D eigenvalue weighted by molar-refractivity contribution is -0.122. The molecule has 31 heavy (non-hydrogen) atoms. The van der Waals surface area contributed by atoms with Gasteiger partial charge in [-0.25, -0.2) is 8.42 Å². The van der Waals surface area contributed by atoms with Crippen LogP contribution in [-0.2, 0) is 14.8 Å². The molecule has 1 aliphatic rings. The number of carbonyl (C=O) groups is 2. The monoisotopic (exact) mass is 444 g/mol. The number of nitrogens with zero attached hydrogens (tertiary/aromatic N) is 2. The molecule has 2 aromatic rings. The number of nitrogens with one attached hydrogen (secondary N) is 2. The minimum atomic E-state index is -3.73. The van der Waals surface area contributed by atoms with Gasteiger partial charge in [-0.2, -0.15) is 4.31 Å². The molecule has 1 unspecified atom stereocenters. The third kappa shape index (κ3) is 5.42. The number of carbonyl (C=O) groups excluding carboxylic acids is 2. The van der Waals surface area contributed by atoms with Crippen LogP contribution in [0.2, 0.25) is 0 Å². The lowest BCUT2D eigenvalue weighted by Gasteiger charge is -2.35. The lowest BCUT2D eigenvalue weighted by Crippen LogP contribution is -2.48. The second-order valence-electron chi connectivity index (χ2n) is 7.34. The Morgan fingerprint density at radius 2 is 1.68 bits per heavy atom. The molecule has 2 aromatic carbocycles. The summed E-state index contributed by atoms with van der Waals surface area (Å²) in [6, 6.07) is 15.1. The number of amides is 2. The number of anilines is 1. The molecule has 0 saturated carbocycles. The van der Waals surface area contributed by atoms with Crippen molar-refractivity contribution in [3.63, 3.8) is 0 Å². The molecule has 0 radical (unpaired) electrons. The van der Waals surface area contributed by atoms with Gasteiger partial charge >= 0.3 is 0 Å². The molecule has 9 heteroatoms. The normalized spacial score (nSPS) is 15.9. The van der Waals surface area contributed by atoms with E-state index in [2.05, 4.69) is 15.5 Å². The number of hydrogen-bond donors (Lipinski definition) is 2. The Hall–Kier alpha value is -2.91. The van der Waals surface area contributed by atoms with E-state index in [9.17, 15) is 18.0 Å². The summed E-state index contributed by atoms with van der Waals surface area (Å²) in [4.78, 5) is 26.6. The largest absolute Gasteiger partial charge is 0.369 e. The van der Waals surface area contributed by atoms with E-state index in [-0.39, 0.29) is 16.4 Å². The van der Waals surface area contributed by atoms with E-state index in [0.717, 1.165) is 5.69 Å². The van der Waals surface area contributed by atoms with E-state index in [1.165, 1.54) is 22.5 Å². The smallest absolute Gasteiger partial charge is 0.251 e. The Balaban J connectivity index is 1.68. The SMILES string of the molecule is CCNC(=O)C(C)NC(=O)c1cccc(S(=O)(=O)N2CCN(c3ccccc3)CC2)c1. The number of likely N-dealkylation sites (N-methyl/N-ethyl adjacent to an activating group) is 1. The van der Waals surface area contributed by atoms with Gasteiger partial charge in [0.15, 0.2) is 0 Å². The van der Waals surface area contributed by atoms with Crippen LogP contribution in [0.25, 0.3) is 0 Å². The highest BCUT2D eigenvalue weighted by Crippen LogP contribution is 2.21. The Labute approximate surface area is 183 Å². The fourth-order valence-electron chi connectivity index (χ4n) is 3.45. The summed E-state index contributed by atoms with van der Waals surface area (Å²) in [5.74, 6) is -0.791. The minimum Gasteiger partial charge on any atom is -0.369 e. The van der Waals surface area contributed by atoms with E-state index in [0.29, 0.717) is 32.7 Å². The van der Waals surface area contributed by atoms with Crippen molar-refractivity contribution >= 4 is 27.5 Å². The molecular formula is C22H28N4O4S. The van der Waals surface area contributed by atoms with Gasteiger partial charge in [0.1, 0.15) is 6.04 Å². The van der Waals surface area contributed by atoms with Gasteiger partial charge < -0.3 is 15.5 Å². The van der Waals surface area contributed by atoms with Crippen LogP contribution in [0.4, 0.5) is 5.69 Å². The molecule has 0 aliphatic carbocycles. The number of sulfonamides is 1. The predicted molar refractivity (Wildman–Crippen MR) is 119 cm³/mol. The number of hydrogen-bond acceptors (Lipinski definition) is 5. The van der Waals surface area contributed by atoms with E-state index >= 15 is 0 Å². The molecule has 0 aromatic heterocycles. The molecule has 1 saturated heterocycles. The van der Waals surface area contributed by atoms with Gasteiger partial charge in [0.05, 0.1) is 4.90 Å². The molecule has 166 valence electrons. The van der Waals surface area contributed by atoms with Crippen LogP contribution < -0.4 is 15.5 Å². The van der Waals surface area contributed by atoms with E-state index < -0.39 is 22.0 Å². The van der Waals surface area contributed by atoms with E-state index in [4.69, 9.17) is 0 Å². The second kappa shape index (κ2) is 9.93. The first-order chi connectivity index (χ1) is 14.8. The van der Waals surface area contributed by atoms with Crippen LogP contribution in [0.5, 0.6) is 0 Å². The second-order valence-corrected chi connectivity index (χ2v) is 9.28. The maximum absolute atomic E-state index is 13.1. The Morgan fingerprint density at radius 1 is 1.00 bits per heavy atom. The predicted octanol–water partition coefficient (Wildman–Crippen LogP) is 1.45. The van der Waals surface area contributed by atoms with Crippen molar-refractivity contribution in [3.05, 3.63) is 60.2 Å². The highest BCUT2D eigenvalue weighted by molar-refractivity contribution is 7.89. The average Bonchev–Trinajstić information content (AvgIpc) is 2.80. The van der Waals surface area contributed by atoms with Crippen LogP contribution in [0, 0.1) is 0 Å². The quantitative estimate of drug-likeness (QED) is 0.674. The molecule has 1 fully saturated rings. The fourth-order valence-corrected chi connectivity index (χ4v) is 4.91. The van der Waals surface area contributed by atoms with Crippen molar-refractivity contribution in [2.45, 2.75) is 24.8 Å². The van der Waals surface area contributed by atoms with Gasteiger partial charge in [-0.15, -0.1) is 0 Å². The lowest BCUT2D eigenvalue weighted by atomic mass is 10.2. The molecule has 1 heterocycles. The minimum absolute atomic E-state index is 0.0685. The van der Waals surface area contributed by atoms with Crippen LogP contribution in [0.15, 0.2) is 59.5 Å². The van der Waals surface area contributed by atoms with Crippen molar-refractivity contribution in [2.75, 3.05) is 37.6 Å². The summed E-state index contributed by atoms with van der Waals surface area (Å²) in [5.41, 5.74) is 1.26. The number of rotatable bonds is 7. The third-order valence-corrected chi connectivity index (χ3v) is 7.08. The summed E-state index contributed by atoms with van der Waals surface area (Å²) < 4.78 is 27.7. The Morgan fingerprint density at radius 3 is 2.32 bits per heavy atom. The van der Waals surface area contributed by atoms with E-state index in [1.807, 2.05) is 30.3 Å². The maximum Gasteiger partial charge on any atom is 0.251 e. The summed E-state index contributed by atoms with van der Waals surface area (Å²) in [6.07, 6.45) is 0. The highest BCUT2D eigenvalue weighted by atomic mass is 32.2. The number of benzene rings is 2. The molecule has 3 rings (SSSR count). The van der Waals surface area contributed by atoms with Crippen molar-refractivity contribution in [2.24, 2.45) is 0 Å². The molecule has 8 nitrogen and oxygen atoms in total. The van der Waals surface area contributed by atoms with Crippen LogP contribution in [0.1, 0.15) is 24.2 Å². The van der Waals surface area contributed by atoms with Gasteiger partial charge in [-0.1, -0.05) is 24.3 Å². The van der Waals surface area contributed by atoms with Crippen molar-refractivity contribution < 1.29 is 18.0 Å². The van der Waals surface area contributed by atoms with Crippen molar-refractivity contribution in [1.82, 2.24) is 14.9 Å². The van der Waals surface area contributed by atoms with Gasteiger partial charge in [0.2, 0.25) is 15.9 Å². The van der Waals surface area contributed by atoms with Crippen LogP contribution in [0.3, 0.4) is 0 Å². The fraction of sp³-hybridized carbons (Fsp3) is 0.364. The summed E-state index contributed by atoms with van der Waals surface area (Å²) in [7, 11) is -3.73. The Bertz CT molecular complexity index is 1020. The first-order valence-electron chi connectivity index (χ1n) is 10.3. The topological polar surface area (TPSA) is 98.8 Å². The zero-order valence-electron chi connectivity index (χ0n) is 17.7. The van der Waals surface area contributed by atoms with Gasteiger partial charge in [0, 0.05) is 44.0 Å². The molecule has 1 aliphatic heterocycles. The third-order valence-electron chi connectivity index (χ3n) is 5.19. The molecule has 2 N–H and O–H groups in total. The molecule has 1 atom stereocenters. The zero-order chi connectivity index (χ0) is 22.4. The van der Waals surface area contributed by atoms with Gasteiger partial charge in [-0.05, 0) is 44.2 Å². The van der Waals surface area contributed by atoms with E-state index in [1.54, 1.807) is 19.9 Å². The Kier molecular flexibility index (Phi) is 7.29. The first-order valence-corrected chi connectivity index (χ1v) is 11.8. The van der Waals surface area contributed by atoms with Crippen molar-refractivity contribution in [1.29, 1.82) is 0 Å². The molecule has 2 amide bonds. The van der Waals surface area contributed by atoms with Gasteiger partial charge in [0.25, 0.3) is 5.91 Å². The molecule has 0 spiro atoms.